The lowest BCUT2D eigenvalue weighted by Crippen LogP contribution is -2.31. The maximum absolute atomic E-state index is 13.3. The van der Waals surface area contributed by atoms with E-state index in [4.69, 9.17) is 17.3 Å². The first-order valence-electron chi connectivity index (χ1n) is 6.02. The van der Waals surface area contributed by atoms with Crippen molar-refractivity contribution < 1.29 is 9.18 Å². The molecule has 6 heteroatoms. The lowest BCUT2D eigenvalue weighted by molar-refractivity contribution is 0.0984. The standard InChI is InChI=1S/C14H13ClFN3O/c1-2-19(10-5-3-4-9(16)8-10)14(20)13-11(15)6-7-12(17)18-13/h3-8H,2H2,1H3,(H2,17,18). The van der Waals surface area contributed by atoms with Gasteiger partial charge in [-0.1, -0.05) is 17.7 Å². The topological polar surface area (TPSA) is 59.2 Å². The second kappa shape index (κ2) is 5.88. The molecule has 1 aromatic heterocycles. The first-order valence-corrected chi connectivity index (χ1v) is 6.40. The fourth-order valence-electron chi connectivity index (χ4n) is 1.82. The van der Waals surface area contributed by atoms with Crippen LogP contribution in [-0.2, 0) is 0 Å². The Morgan fingerprint density at radius 2 is 2.15 bits per heavy atom. The Morgan fingerprint density at radius 3 is 2.80 bits per heavy atom. The Labute approximate surface area is 121 Å². The smallest absolute Gasteiger partial charge is 0.278 e. The summed E-state index contributed by atoms with van der Waals surface area (Å²) in [5.74, 6) is -0.635. The van der Waals surface area contributed by atoms with Crippen LogP contribution in [0.4, 0.5) is 15.9 Å². The number of rotatable bonds is 3. The number of hydrogen-bond acceptors (Lipinski definition) is 3. The van der Waals surface area contributed by atoms with Gasteiger partial charge in [0, 0.05) is 12.2 Å². The summed E-state index contributed by atoms with van der Waals surface area (Å²) < 4.78 is 13.3. The zero-order chi connectivity index (χ0) is 14.7. The third-order valence-corrected chi connectivity index (χ3v) is 3.06. The van der Waals surface area contributed by atoms with Gasteiger partial charge in [-0.2, -0.15) is 0 Å². The summed E-state index contributed by atoms with van der Waals surface area (Å²) in [4.78, 5) is 17.8. The molecule has 0 fully saturated rings. The van der Waals surface area contributed by atoms with Gasteiger partial charge in [-0.3, -0.25) is 4.79 Å². The lowest BCUT2D eigenvalue weighted by atomic mass is 10.2. The molecule has 0 aliphatic heterocycles. The van der Waals surface area contributed by atoms with Crippen molar-refractivity contribution in [1.82, 2.24) is 4.98 Å². The molecule has 0 bridgehead atoms. The Morgan fingerprint density at radius 1 is 1.40 bits per heavy atom. The van der Waals surface area contributed by atoms with Crippen LogP contribution in [0.25, 0.3) is 0 Å². The largest absolute Gasteiger partial charge is 0.384 e. The first-order chi connectivity index (χ1) is 9.52. The number of pyridine rings is 1. The normalized spacial score (nSPS) is 10.3. The van der Waals surface area contributed by atoms with Crippen molar-refractivity contribution in [3.63, 3.8) is 0 Å². The number of nitrogens with zero attached hydrogens (tertiary/aromatic N) is 2. The molecule has 0 unspecified atom stereocenters. The second-order valence-electron chi connectivity index (χ2n) is 4.10. The molecule has 1 amide bonds. The van der Waals surface area contributed by atoms with Crippen molar-refractivity contribution in [1.29, 1.82) is 0 Å². The zero-order valence-electron chi connectivity index (χ0n) is 10.8. The third-order valence-electron chi connectivity index (χ3n) is 2.75. The summed E-state index contributed by atoms with van der Waals surface area (Å²) in [5.41, 5.74) is 6.07. The minimum absolute atomic E-state index is 0.0535. The van der Waals surface area contributed by atoms with Crippen LogP contribution in [0.2, 0.25) is 5.02 Å². The predicted octanol–water partition coefficient (Wildman–Crippen LogP) is 3.12. The van der Waals surface area contributed by atoms with Crippen LogP contribution in [0.5, 0.6) is 0 Å². The molecule has 2 N–H and O–H groups in total. The number of nitrogen functional groups attached to an aromatic ring is 1. The average molecular weight is 294 g/mol. The molecule has 0 radical (unpaired) electrons. The molecule has 0 saturated carbocycles. The number of aromatic nitrogens is 1. The summed E-state index contributed by atoms with van der Waals surface area (Å²) in [6.45, 7) is 2.14. The molecular weight excluding hydrogens is 281 g/mol. The van der Waals surface area contributed by atoms with E-state index in [2.05, 4.69) is 4.98 Å². The van der Waals surface area contributed by atoms with Gasteiger partial charge in [-0.05, 0) is 37.3 Å². The quantitative estimate of drug-likeness (QED) is 0.946. The summed E-state index contributed by atoms with van der Waals surface area (Å²) in [6, 6.07) is 8.79. The van der Waals surface area contributed by atoms with E-state index in [0.717, 1.165) is 0 Å². The van der Waals surface area contributed by atoms with E-state index < -0.39 is 11.7 Å². The molecule has 0 spiro atoms. The van der Waals surface area contributed by atoms with Crippen LogP contribution in [-0.4, -0.2) is 17.4 Å². The lowest BCUT2D eigenvalue weighted by Gasteiger charge is -2.21. The predicted molar refractivity (Wildman–Crippen MR) is 77.4 cm³/mol. The Bertz CT molecular complexity index is 648. The SMILES string of the molecule is CCN(C(=O)c1nc(N)ccc1Cl)c1cccc(F)c1. The van der Waals surface area contributed by atoms with Crippen molar-refractivity contribution in [2.75, 3.05) is 17.2 Å². The second-order valence-corrected chi connectivity index (χ2v) is 4.50. The number of benzene rings is 1. The van der Waals surface area contributed by atoms with Crippen molar-refractivity contribution in [2.24, 2.45) is 0 Å². The fourth-order valence-corrected chi connectivity index (χ4v) is 2.01. The van der Waals surface area contributed by atoms with E-state index >= 15 is 0 Å². The van der Waals surface area contributed by atoms with E-state index in [9.17, 15) is 9.18 Å². The minimum atomic E-state index is -0.421. The molecule has 2 rings (SSSR count). The van der Waals surface area contributed by atoms with E-state index in [1.165, 1.54) is 35.2 Å². The Kier molecular flexibility index (Phi) is 4.20. The van der Waals surface area contributed by atoms with Crippen molar-refractivity contribution in [3.8, 4) is 0 Å². The van der Waals surface area contributed by atoms with Gasteiger partial charge in [0.05, 0.1) is 5.02 Å². The van der Waals surface area contributed by atoms with E-state index in [-0.39, 0.29) is 16.5 Å². The number of nitrogens with two attached hydrogens (primary N) is 1. The summed E-state index contributed by atoms with van der Waals surface area (Å²) in [7, 11) is 0. The monoisotopic (exact) mass is 293 g/mol. The maximum Gasteiger partial charge on any atom is 0.278 e. The van der Waals surface area contributed by atoms with Crippen LogP contribution >= 0.6 is 11.6 Å². The van der Waals surface area contributed by atoms with Gasteiger partial charge in [0.1, 0.15) is 17.3 Å². The Hall–Kier alpha value is -2.14. The van der Waals surface area contributed by atoms with E-state index in [1.54, 1.807) is 13.0 Å². The minimum Gasteiger partial charge on any atom is -0.384 e. The highest BCUT2D eigenvalue weighted by atomic mass is 35.5. The van der Waals surface area contributed by atoms with Crippen LogP contribution in [0, 0.1) is 5.82 Å². The van der Waals surface area contributed by atoms with Gasteiger partial charge in [0.25, 0.3) is 5.91 Å². The highest BCUT2D eigenvalue weighted by Crippen LogP contribution is 2.22. The summed E-state index contributed by atoms with van der Waals surface area (Å²) in [5, 5.41) is 0.207. The number of amides is 1. The van der Waals surface area contributed by atoms with Crippen LogP contribution in [0.15, 0.2) is 36.4 Å². The molecule has 1 aromatic carbocycles. The molecule has 2 aromatic rings. The number of carbonyl (C=O) groups is 1. The number of halogens is 2. The van der Waals surface area contributed by atoms with Crippen molar-refractivity contribution >= 4 is 29.0 Å². The summed E-state index contributed by atoms with van der Waals surface area (Å²) in [6.07, 6.45) is 0. The molecule has 0 saturated heterocycles. The summed E-state index contributed by atoms with van der Waals surface area (Å²) >= 11 is 5.97. The molecule has 20 heavy (non-hydrogen) atoms. The van der Waals surface area contributed by atoms with E-state index in [1.807, 2.05) is 0 Å². The van der Waals surface area contributed by atoms with Gasteiger partial charge in [0.15, 0.2) is 0 Å². The number of hydrogen-bond donors (Lipinski definition) is 1. The maximum atomic E-state index is 13.3. The van der Waals surface area contributed by atoms with Crippen molar-refractivity contribution in [3.05, 3.63) is 52.9 Å². The highest BCUT2D eigenvalue weighted by Gasteiger charge is 2.20. The molecule has 4 nitrogen and oxygen atoms in total. The van der Waals surface area contributed by atoms with Gasteiger partial charge < -0.3 is 10.6 Å². The van der Waals surface area contributed by atoms with Crippen LogP contribution in [0.3, 0.4) is 0 Å². The molecular formula is C14H13ClFN3O. The zero-order valence-corrected chi connectivity index (χ0v) is 11.6. The number of carbonyl (C=O) groups excluding carboxylic acids is 1. The van der Waals surface area contributed by atoms with Crippen molar-refractivity contribution in [2.45, 2.75) is 6.92 Å². The number of anilines is 2. The molecule has 104 valence electrons. The molecule has 0 aliphatic rings. The first kappa shape index (κ1) is 14.3. The van der Waals surface area contributed by atoms with Gasteiger partial charge >= 0.3 is 0 Å². The fraction of sp³-hybridized carbons (Fsp3) is 0.143. The van der Waals surface area contributed by atoms with E-state index in [0.29, 0.717) is 12.2 Å². The average Bonchev–Trinajstić information content (AvgIpc) is 2.42. The third kappa shape index (κ3) is 2.88. The van der Waals surface area contributed by atoms with Gasteiger partial charge in [-0.15, -0.1) is 0 Å². The van der Waals surface area contributed by atoms with Crippen LogP contribution < -0.4 is 10.6 Å². The molecule has 1 heterocycles. The van der Waals surface area contributed by atoms with Gasteiger partial charge in [-0.25, -0.2) is 9.37 Å². The Balaban J connectivity index is 2.41. The van der Waals surface area contributed by atoms with Gasteiger partial charge in [0.2, 0.25) is 0 Å². The van der Waals surface area contributed by atoms with Crippen LogP contribution in [0.1, 0.15) is 17.4 Å². The molecule has 0 aliphatic carbocycles. The highest BCUT2D eigenvalue weighted by molar-refractivity contribution is 6.34. The molecule has 0 atom stereocenters.